The first-order valence-corrected chi connectivity index (χ1v) is 8.71. The number of carbonyl (C=O) groups is 2. The quantitative estimate of drug-likeness (QED) is 0.849. The molecule has 5 nitrogen and oxygen atoms in total. The van der Waals surface area contributed by atoms with E-state index in [0.29, 0.717) is 24.3 Å². The minimum absolute atomic E-state index is 0.0547. The molecule has 0 saturated heterocycles. The summed E-state index contributed by atoms with van der Waals surface area (Å²) in [5, 5.41) is 3.07. The van der Waals surface area contributed by atoms with Crippen molar-refractivity contribution in [3.63, 3.8) is 0 Å². The van der Waals surface area contributed by atoms with Crippen molar-refractivity contribution >= 4 is 11.8 Å². The molecule has 2 amide bonds. The van der Waals surface area contributed by atoms with E-state index < -0.39 is 0 Å². The largest absolute Gasteiger partial charge is 0.348 e. The lowest BCUT2D eigenvalue weighted by Gasteiger charge is -2.19. The molecule has 0 spiro atoms. The summed E-state index contributed by atoms with van der Waals surface area (Å²) in [6, 6.07) is 3.50. The molecule has 1 fully saturated rings. The Balaban J connectivity index is 2.06. The molecule has 1 saturated carbocycles. The van der Waals surface area contributed by atoms with E-state index in [4.69, 9.17) is 0 Å². The van der Waals surface area contributed by atoms with Gasteiger partial charge in [-0.25, -0.2) is 0 Å². The van der Waals surface area contributed by atoms with Crippen LogP contribution in [0.3, 0.4) is 0 Å². The van der Waals surface area contributed by atoms with Gasteiger partial charge in [-0.3, -0.25) is 14.6 Å². The number of amides is 2. The maximum Gasteiger partial charge on any atom is 0.270 e. The summed E-state index contributed by atoms with van der Waals surface area (Å²) >= 11 is 0. The Morgan fingerprint density at radius 1 is 1.17 bits per heavy atom. The first kappa shape index (κ1) is 17.4. The van der Waals surface area contributed by atoms with Crippen LogP contribution < -0.4 is 5.32 Å². The third-order valence-electron chi connectivity index (χ3n) is 4.48. The van der Waals surface area contributed by atoms with Gasteiger partial charge in [0.05, 0.1) is 0 Å². The molecule has 1 heterocycles. The minimum atomic E-state index is -0.175. The number of carbonyl (C=O) groups excluding carboxylic acids is 2. The molecular formula is C18H27N3O2. The van der Waals surface area contributed by atoms with Crippen molar-refractivity contribution in [1.29, 1.82) is 0 Å². The molecule has 0 aromatic carbocycles. The fourth-order valence-corrected chi connectivity index (χ4v) is 3.06. The molecule has 126 valence electrons. The molecule has 2 rings (SSSR count). The van der Waals surface area contributed by atoms with Crippen molar-refractivity contribution in [2.45, 2.75) is 58.4 Å². The van der Waals surface area contributed by atoms with E-state index in [2.05, 4.69) is 10.3 Å². The van der Waals surface area contributed by atoms with Crippen LogP contribution in [-0.4, -0.2) is 40.8 Å². The third kappa shape index (κ3) is 4.78. The van der Waals surface area contributed by atoms with Gasteiger partial charge in [-0.05, 0) is 38.8 Å². The van der Waals surface area contributed by atoms with Gasteiger partial charge in [0, 0.05) is 30.9 Å². The van der Waals surface area contributed by atoms with Crippen molar-refractivity contribution in [3.05, 3.63) is 29.6 Å². The summed E-state index contributed by atoms with van der Waals surface area (Å²) in [5.41, 5.74) is 0.849. The van der Waals surface area contributed by atoms with Crippen molar-refractivity contribution < 1.29 is 9.59 Å². The van der Waals surface area contributed by atoms with E-state index in [-0.39, 0.29) is 17.9 Å². The Bertz CT molecular complexity index is 533. The van der Waals surface area contributed by atoms with Gasteiger partial charge in [-0.15, -0.1) is 0 Å². The number of hydrogen-bond donors (Lipinski definition) is 1. The van der Waals surface area contributed by atoms with Crippen molar-refractivity contribution in [2.24, 2.45) is 0 Å². The number of nitrogens with one attached hydrogen (secondary N) is 1. The molecule has 1 N–H and O–H groups in total. The molecule has 5 heteroatoms. The van der Waals surface area contributed by atoms with Gasteiger partial charge in [-0.1, -0.05) is 25.7 Å². The summed E-state index contributed by atoms with van der Waals surface area (Å²) in [7, 11) is 0. The fraction of sp³-hybridized carbons (Fsp3) is 0.611. The lowest BCUT2D eigenvalue weighted by atomic mass is 10.1. The van der Waals surface area contributed by atoms with Gasteiger partial charge in [0.25, 0.3) is 11.8 Å². The van der Waals surface area contributed by atoms with Crippen LogP contribution in [0.4, 0.5) is 0 Å². The van der Waals surface area contributed by atoms with Crippen LogP contribution in [-0.2, 0) is 0 Å². The molecule has 0 radical (unpaired) electrons. The van der Waals surface area contributed by atoms with E-state index in [9.17, 15) is 9.59 Å². The van der Waals surface area contributed by atoms with Crippen LogP contribution in [0.1, 0.15) is 73.2 Å². The number of aromatic nitrogens is 1. The lowest BCUT2D eigenvalue weighted by molar-refractivity contribution is 0.0773. The van der Waals surface area contributed by atoms with Crippen LogP contribution in [0.15, 0.2) is 18.3 Å². The third-order valence-corrected chi connectivity index (χ3v) is 4.48. The van der Waals surface area contributed by atoms with Crippen molar-refractivity contribution in [1.82, 2.24) is 15.2 Å². The molecule has 0 aliphatic heterocycles. The molecule has 1 aromatic heterocycles. The van der Waals surface area contributed by atoms with Gasteiger partial charge in [0.1, 0.15) is 5.69 Å². The van der Waals surface area contributed by atoms with Gasteiger partial charge >= 0.3 is 0 Å². The summed E-state index contributed by atoms with van der Waals surface area (Å²) < 4.78 is 0. The normalized spacial score (nSPS) is 15.7. The predicted molar refractivity (Wildman–Crippen MR) is 90.4 cm³/mol. The van der Waals surface area contributed by atoms with Gasteiger partial charge in [0.15, 0.2) is 0 Å². The first-order chi connectivity index (χ1) is 11.2. The van der Waals surface area contributed by atoms with Gasteiger partial charge in [-0.2, -0.15) is 0 Å². The summed E-state index contributed by atoms with van der Waals surface area (Å²) in [5.74, 6) is -0.230. The maximum atomic E-state index is 12.4. The first-order valence-electron chi connectivity index (χ1n) is 8.71. The van der Waals surface area contributed by atoms with Crippen molar-refractivity contribution in [3.8, 4) is 0 Å². The number of pyridine rings is 1. The molecule has 1 aliphatic rings. The van der Waals surface area contributed by atoms with Gasteiger partial charge in [0.2, 0.25) is 0 Å². The maximum absolute atomic E-state index is 12.4. The fourth-order valence-electron chi connectivity index (χ4n) is 3.06. The minimum Gasteiger partial charge on any atom is -0.348 e. The highest BCUT2D eigenvalue weighted by Crippen LogP contribution is 2.17. The van der Waals surface area contributed by atoms with Gasteiger partial charge < -0.3 is 10.2 Å². The van der Waals surface area contributed by atoms with Crippen LogP contribution in [0.2, 0.25) is 0 Å². The Hall–Kier alpha value is -1.91. The second-order valence-corrected chi connectivity index (χ2v) is 6.07. The van der Waals surface area contributed by atoms with E-state index in [0.717, 1.165) is 12.8 Å². The summed E-state index contributed by atoms with van der Waals surface area (Å²) in [6.07, 6.45) is 8.43. The van der Waals surface area contributed by atoms with E-state index in [1.165, 1.54) is 25.7 Å². The zero-order valence-corrected chi connectivity index (χ0v) is 14.2. The smallest absolute Gasteiger partial charge is 0.270 e. The molecule has 0 unspecified atom stereocenters. The van der Waals surface area contributed by atoms with Crippen LogP contribution in [0.25, 0.3) is 0 Å². The van der Waals surface area contributed by atoms with E-state index in [1.807, 2.05) is 13.8 Å². The summed E-state index contributed by atoms with van der Waals surface area (Å²) in [4.78, 5) is 30.7. The molecule has 1 aliphatic carbocycles. The Kier molecular flexibility index (Phi) is 6.56. The number of rotatable bonds is 5. The topological polar surface area (TPSA) is 62.3 Å². The average Bonchev–Trinajstić information content (AvgIpc) is 2.84. The average molecular weight is 317 g/mol. The zero-order chi connectivity index (χ0) is 16.7. The van der Waals surface area contributed by atoms with Crippen LogP contribution in [0.5, 0.6) is 0 Å². The Morgan fingerprint density at radius 2 is 1.83 bits per heavy atom. The Morgan fingerprint density at radius 3 is 2.43 bits per heavy atom. The SMILES string of the molecule is CCN(CC)C(=O)c1ccnc(C(=O)NC2CCCCCC2)c1. The molecule has 0 atom stereocenters. The van der Waals surface area contributed by atoms with Crippen LogP contribution >= 0.6 is 0 Å². The van der Waals surface area contributed by atoms with E-state index in [1.54, 1.807) is 23.2 Å². The lowest BCUT2D eigenvalue weighted by Crippen LogP contribution is -2.35. The predicted octanol–water partition coefficient (Wildman–Crippen LogP) is 3.02. The molecule has 23 heavy (non-hydrogen) atoms. The highest BCUT2D eigenvalue weighted by Gasteiger charge is 2.19. The highest BCUT2D eigenvalue weighted by molar-refractivity contribution is 5.98. The molecule has 0 bridgehead atoms. The molecular weight excluding hydrogens is 290 g/mol. The second kappa shape index (κ2) is 8.65. The summed E-state index contributed by atoms with van der Waals surface area (Å²) in [6.45, 7) is 5.20. The highest BCUT2D eigenvalue weighted by atomic mass is 16.2. The molecule has 1 aromatic rings. The van der Waals surface area contributed by atoms with E-state index >= 15 is 0 Å². The Labute approximate surface area is 138 Å². The second-order valence-electron chi connectivity index (χ2n) is 6.07. The zero-order valence-electron chi connectivity index (χ0n) is 14.2. The monoisotopic (exact) mass is 317 g/mol. The standard InChI is InChI=1S/C18H27N3O2/c1-3-21(4-2)18(23)14-11-12-19-16(13-14)17(22)20-15-9-7-5-6-8-10-15/h11-13,15H,3-10H2,1-2H3,(H,20,22). The number of nitrogens with zero attached hydrogens (tertiary/aromatic N) is 2. The van der Waals surface area contributed by atoms with Crippen molar-refractivity contribution in [2.75, 3.05) is 13.1 Å². The number of hydrogen-bond acceptors (Lipinski definition) is 3. The van der Waals surface area contributed by atoms with Crippen LogP contribution in [0, 0.1) is 0 Å².